The van der Waals surface area contributed by atoms with Crippen LogP contribution in [-0.4, -0.2) is 13.6 Å². The Morgan fingerprint density at radius 2 is 1.65 bits per heavy atom. The SMILES string of the molecule is C=C(COc1cc(Cl)c(Cl)cc1Cl)[B-](F)(F)F. The van der Waals surface area contributed by atoms with E-state index in [-0.39, 0.29) is 20.8 Å². The first-order valence-electron chi connectivity index (χ1n) is 4.36. The van der Waals surface area contributed by atoms with Crippen molar-refractivity contribution in [3.8, 4) is 5.75 Å². The molecule has 0 atom stereocenters. The summed E-state index contributed by atoms with van der Waals surface area (Å²) in [6.07, 6.45) is 0. The summed E-state index contributed by atoms with van der Waals surface area (Å²) in [5, 5.41) is 0.430. The molecule has 1 rings (SSSR count). The summed E-state index contributed by atoms with van der Waals surface area (Å²) in [6, 6.07) is 2.55. The first-order chi connectivity index (χ1) is 7.71. The molecule has 0 aliphatic carbocycles. The number of halogens is 6. The lowest BCUT2D eigenvalue weighted by Crippen LogP contribution is -2.23. The molecule has 0 aliphatic rings. The molecule has 0 radical (unpaired) electrons. The maximum absolute atomic E-state index is 12.2. The average molecular weight is 304 g/mol. The van der Waals surface area contributed by atoms with Crippen molar-refractivity contribution in [3.05, 3.63) is 39.3 Å². The summed E-state index contributed by atoms with van der Waals surface area (Å²) in [4.78, 5) is 0. The molecule has 8 heteroatoms. The summed E-state index contributed by atoms with van der Waals surface area (Å²) in [5.74, 6) is 0.0299. The second kappa shape index (κ2) is 5.42. The Hall–Kier alpha value is -0.515. The van der Waals surface area contributed by atoms with Crippen LogP contribution in [0.3, 0.4) is 0 Å². The van der Waals surface area contributed by atoms with E-state index < -0.39 is 19.1 Å². The number of benzene rings is 1. The Balaban J connectivity index is 2.77. The summed E-state index contributed by atoms with van der Waals surface area (Å²) in [6.45, 7) is -2.93. The minimum atomic E-state index is -5.12. The highest BCUT2D eigenvalue weighted by atomic mass is 35.5. The molecule has 0 aromatic heterocycles. The van der Waals surface area contributed by atoms with E-state index in [1.807, 2.05) is 0 Å². The van der Waals surface area contributed by atoms with E-state index in [0.717, 1.165) is 0 Å². The van der Waals surface area contributed by atoms with E-state index in [4.69, 9.17) is 39.5 Å². The van der Waals surface area contributed by atoms with Crippen LogP contribution in [0.2, 0.25) is 15.1 Å². The second-order valence-corrected chi connectivity index (χ2v) is 4.44. The molecule has 0 unspecified atom stereocenters. The fourth-order valence-corrected chi connectivity index (χ4v) is 1.47. The van der Waals surface area contributed by atoms with Crippen molar-refractivity contribution in [2.75, 3.05) is 6.61 Å². The van der Waals surface area contributed by atoms with Gasteiger partial charge in [-0.1, -0.05) is 34.8 Å². The zero-order valence-electron chi connectivity index (χ0n) is 8.32. The Morgan fingerprint density at radius 3 is 2.18 bits per heavy atom. The molecule has 0 saturated heterocycles. The molecule has 1 nitrogen and oxygen atoms in total. The van der Waals surface area contributed by atoms with Crippen LogP contribution in [0.5, 0.6) is 5.75 Å². The van der Waals surface area contributed by atoms with E-state index in [1.54, 1.807) is 0 Å². The molecule has 0 spiro atoms. The highest BCUT2D eigenvalue weighted by molar-refractivity contribution is 6.66. The smallest absolute Gasteiger partial charge is 0.491 e. The lowest BCUT2D eigenvalue weighted by atomic mass is 9.81. The summed E-state index contributed by atoms with van der Waals surface area (Å²) in [7, 11) is 0. The topological polar surface area (TPSA) is 9.23 Å². The van der Waals surface area contributed by atoms with Gasteiger partial charge in [-0.05, 0) is 6.07 Å². The van der Waals surface area contributed by atoms with Gasteiger partial charge in [0.25, 0.3) is 0 Å². The van der Waals surface area contributed by atoms with Gasteiger partial charge in [0.1, 0.15) is 5.75 Å². The Bertz CT molecular complexity index is 448. The van der Waals surface area contributed by atoms with Crippen molar-refractivity contribution < 1.29 is 17.7 Å². The summed E-state index contributed by atoms with van der Waals surface area (Å²) in [5.41, 5.74) is -0.952. The predicted molar refractivity (Wildman–Crippen MR) is 65.2 cm³/mol. The van der Waals surface area contributed by atoms with E-state index >= 15 is 0 Å². The first-order valence-corrected chi connectivity index (χ1v) is 5.50. The molecule has 0 fully saturated rings. The van der Waals surface area contributed by atoms with Crippen LogP contribution < -0.4 is 4.74 Å². The van der Waals surface area contributed by atoms with Gasteiger partial charge in [0.05, 0.1) is 21.7 Å². The summed E-state index contributed by atoms with van der Waals surface area (Å²) >= 11 is 17.1. The van der Waals surface area contributed by atoms with E-state index in [9.17, 15) is 12.9 Å². The van der Waals surface area contributed by atoms with E-state index in [2.05, 4.69) is 6.58 Å². The van der Waals surface area contributed by atoms with Crippen molar-refractivity contribution in [3.63, 3.8) is 0 Å². The molecule has 0 bridgehead atoms. The van der Waals surface area contributed by atoms with Crippen LogP contribution in [0.4, 0.5) is 12.9 Å². The Labute approximate surface area is 111 Å². The molecule has 1 aromatic carbocycles. The minimum Gasteiger partial charge on any atom is -0.491 e. The van der Waals surface area contributed by atoms with Crippen molar-refractivity contribution >= 4 is 41.8 Å². The van der Waals surface area contributed by atoms with E-state index in [1.165, 1.54) is 12.1 Å². The third kappa shape index (κ3) is 4.01. The maximum atomic E-state index is 12.2. The second-order valence-electron chi connectivity index (χ2n) is 3.22. The van der Waals surface area contributed by atoms with Crippen molar-refractivity contribution in [2.24, 2.45) is 0 Å². The van der Waals surface area contributed by atoms with Crippen LogP contribution in [0.25, 0.3) is 0 Å². The maximum Gasteiger partial charge on any atom is 0.508 e. The molecule has 17 heavy (non-hydrogen) atoms. The van der Waals surface area contributed by atoms with Gasteiger partial charge in [0.15, 0.2) is 0 Å². The van der Waals surface area contributed by atoms with Crippen molar-refractivity contribution in [2.45, 2.75) is 0 Å². The minimum absolute atomic E-state index is 0.0299. The number of hydrogen-bond acceptors (Lipinski definition) is 1. The van der Waals surface area contributed by atoms with Crippen molar-refractivity contribution in [1.82, 2.24) is 0 Å². The number of hydrogen-bond donors (Lipinski definition) is 0. The third-order valence-corrected chi connectivity index (χ3v) is 2.87. The quantitative estimate of drug-likeness (QED) is 0.564. The van der Waals surface area contributed by atoms with Crippen LogP contribution in [0, 0.1) is 0 Å². The Morgan fingerprint density at radius 1 is 1.12 bits per heavy atom. The zero-order valence-corrected chi connectivity index (χ0v) is 10.6. The molecule has 0 saturated carbocycles. The molecule has 0 N–H and O–H groups in total. The van der Waals surface area contributed by atoms with Gasteiger partial charge in [-0.2, -0.15) is 0 Å². The molecule has 1 aromatic rings. The van der Waals surface area contributed by atoms with Gasteiger partial charge < -0.3 is 17.7 Å². The largest absolute Gasteiger partial charge is 0.508 e. The monoisotopic (exact) mass is 303 g/mol. The molecule has 0 heterocycles. The van der Waals surface area contributed by atoms with Crippen LogP contribution in [-0.2, 0) is 0 Å². The number of ether oxygens (including phenoxy) is 1. The predicted octanol–water partition coefficient (Wildman–Crippen LogP) is 4.97. The van der Waals surface area contributed by atoms with Crippen molar-refractivity contribution in [1.29, 1.82) is 0 Å². The zero-order chi connectivity index (χ0) is 13.2. The fourth-order valence-electron chi connectivity index (χ4n) is 0.880. The van der Waals surface area contributed by atoms with Gasteiger partial charge in [-0.15, -0.1) is 12.1 Å². The fraction of sp³-hybridized carbons (Fsp3) is 0.111. The van der Waals surface area contributed by atoms with Gasteiger partial charge >= 0.3 is 6.98 Å². The average Bonchev–Trinajstić information content (AvgIpc) is 2.19. The normalized spacial score (nSPS) is 11.4. The van der Waals surface area contributed by atoms with Gasteiger partial charge in [0.2, 0.25) is 0 Å². The highest BCUT2D eigenvalue weighted by Crippen LogP contribution is 2.34. The van der Waals surface area contributed by atoms with Crippen LogP contribution >= 0.6 is 34.8 Å². The lowest BCUT2D eigenvalue weighted by molar-refractivity contribution is 0.347. The van der Waals surface area contributed by atoms with Gasteiger partial charge in [0, 0.05) is 6.07 Å². The van der Waals surface area contributed by atoms with Gasteiger partial charge in [-0.25, -0.2) is 0 Å². The van der Waals surface area contributed by atoms with Gasteiger partial charge in [-0.3, -0.25) is 0 Å². The third-order valence-electron chi connectivity index (χ3n) is 1.85. The molecular weight excluding hydrogens is 298 g/mol. The summed E-state index contributed by atoms with van der Waals surface area (Å²) < 4.78 is 41.5. The highest BCUT2D eigenvalue weighted by Gasteiger charge is 2.27. The molecule has 0 aliphatic heterocycles. The standard InChI is InChI=1S/C9H6BCl3F3O/c1-5(10(14,15)16)4-17-9-3-7(12)6(11)2-8(9)13/h2-3H,1,4H2/q-1. The lowest BCUT2D eigenvalue weighted by Gasteiger charge is -2.18. The molecule has 0 amide bonds. The molecular formula is C9H6BCl3F3O-. The van der Waals surface area contributed by atoms with Crippen LogP contribution in [0.1, 0.15) is 0 Å². The molecule has 94 valence electrons. The Kier molecular flexibility index (Phi) is 4.64. The van der Waals surface area contributed by atoms with E-state index in [0.29, 0.717) is 0 Å². The first kappa shape index (κ1) is 14.5. The van der Waals surface area contributed by atoms with Crippen LogP contribution in [0.15, 0.2) is 24.2 Å². The number of rotatable bonds is 4.